The van der Waals surface area contributed by atoms with Crippen LogP contribution < -0.4 is 10.6 Å². The van der Waals surface area contributed by atoms with Gasteiger partial charge in [0.1, 0.15) is 0 Å². The van der Waals surface area contributed by atoms with Crippen molar-refractivity contribution in [3.8, 4) is 0 Å². The van der Waals surface area contributed by atoms with Crippen molar-refractivity contribution >= 4 is 17.3 Å². The van der Waals surface area contributed by atoms with Crippen molar-refractivity contribution in [3.63, 3.8) is 0 Å². The van der Waals surface area contributed by atoms with Crippen LogP contribution in [0.3, 0.4) is 0 Å². The minimum absolute atomic E-state index is 0.416. The molecule has 82 valence electrons. The van der Waals surface area contributed by atoms with Gasteiger partial charge in [-0.25, -0.2) is 0 Å². The first kappa shape index (κ1) is 10.5. The second-order valence-corrected chi connectivity index (χ2v) is 4.64. The summed E-state index contributed by atoms with van der Waals surface area (Å²) in [7, 11) is 0. The molecule has 15 heavy (non-hydrogen) atoms. The zero-order valence-electron chi connectivity index (χ0n) is 8.99. The molecule has 0 fully saturated rings. The molecule has 0 spiro atoms. The molecule has 2 N–H and O–H groups in total. The van der Waals surface area contributed by atoms with Gasteiger partial charge in [0.05, 0.1) is 12.6 Å². The van der Waals surface area contributed by atoms with Gasteiger partial charge < -0.3 is 10.6 Å². The van der Waals surface area contributed by atoms with Gasteiger partial charge in [0, 0.05) is 11.4 Å². The van der Waals surface area contributed by atoms with Gasteiger partial charge in [0.15, 0.2) is 5.96 Å². The zero-order chi connectivity index (χ0) is 10.5. The van der Waals surface area contributed by atoms with E-state index in [9.17, 15) is 0 Å². The second-order valence-electron chi connectivity index (χ2n) is 3.66. The molecule has 4 heteroatoms. The first-order valence-electron chi connectivity index (χ1n) is 5.48. The molecule has 0 aliphatic carbocycles. The summed E-state index contributed by atoms with van der Waals surface area (Å²) in [5.74, 6) is 0.960. The smallest absolute Gasteiger partial charge is 0.191 e. The Morgan fingerprint density at radius 1 is 1.67 bits per heavy atom. The van der Waals surface area contributed by atoms with Crippen molar-refractivity contribution in [2.75, 3.05) is 13.1 Å². The Bertz CT molecular complexity index is 319. The lowest BCUT2D eigenvalue weighted by Crippen LogP contribution is -2.36. The molecule has 1 unspecified atom stereocenters. The van der Waals surface area contributed by atoms with E-state index in [2.05, 4.69) is 40.1 Å². The normalized spacial score (nSPS) is 17.0. The SMILES string of the molecule is CCCC(NC1=NCCN1)c1cccs1. The minimum Gasteiger partial charge on any atom is -0.355 e. The Balaban J connectivity index is 2.00. The van der Waals surface area contributed by atoms with Crippen molar-refractivity contribution in [3.05, 3.63) is 22.4 Å². The maximum atomic E-state index is 4.37. The van der Waals surface area contributed by atoms with Crippen LogP contribution in [0.25, 0.3) is 0 Å². The van der Waals surface area contributed by atoms with Crippen molar-refractivity contribution in [2.24, 2.45) is 4.99 Å². The number of thiophene rings is 1. The predicted octanol–water partition coefficient (Wildman–Crippen LogP) is 2.14. The molecule has 0 bridgehead atoms. The van der Waals surface area contributed by atoms with Crippen molar-refractivity contribution in [2.45, 2.75) is 25.8 Å². The van der Waals surface area contributed by atoms with E-state index >= 15 is 0 Å². The van der Waals surface area contributed by atoms with Crippen molar-refractivity contribution < 1.29 is 0 Å². The molecule has 0 saturated heterocycles. The number of hydrogen-bond donors (Lipinski definition) is 2. The molecule has 3 nitrogen and oxygen atoms in total. The van der Waals surface area contributed by atoms with Gasteiger partial charge in [-0.1, -0.05) is 19.4 Å². The summed E-state index contributed by atoms with van der Waals surface area (Å²) in [5.41, 5.74) is 0. The average molecular weight is 223 g/mol. The van der Waals surface area contributed by atoms with E-state index in [1.54, 1.807) is 0 Å². The van der Waals surface area contributed by atoms with Crippen LogP contribution in [0.1, 0.15) is 30.7 Å². The van der Waals surface area contributed by atoms with E-state index in [1.807, 2.05) is 11.3 Å². The third kappa shape index (κ3) is 2.72. The van der Waals surface area contributed by atoms with Crippen molar-refractivity contribution in [1.29, 1.82) is 0 Å². The summed E-state index contributed by atoms with van der Waals surface area (Å²) < 4.78 is 0. The number of rotatable bonds is 4. The summed E-state index contributed by atoms with van der Waals surface area (Å²) in [6.07, 6.45) is 2.34. The Morgan fingerprint density at radius 2 is 2.60 bits per heavy atom. The summed E-state index contributed by atoms with van der Waals surface area (Å²) >= 11 is 1.81. The first-order chi connectivity index (χ1) is 7.40. The molecule has 2 rings (SSSR count). The summed E-state index contributed by atoms with van der Waals surface area (Å²) in [5, 5.41) is 8.85. The van der Waals surface area contributed by atoms with E-state index in [1.165, 1.54) is 11.3 Å². The number of aliphatic imine (C=N–C) groups is 1. The van der Waals surface area contributed by atoms with Crippen LogP contribution in [-0.2, 0) is 0 Å². The molecular weight excluding hydrogens is 206 g/mol. The van der Waals surface area contributed by atoms with Crippen LogP contribution in [0.2, 0.25) is 0 Å². The topological polar surface area (TPSA) is 36.4 Å². The van der Waals surface area contributed by atoms with Gasteiger partial charge in [0.25, 0.3) is 0 Å². The highest BCUT2D eigenvalue weighted by atomic mass is 32.1. The summed E-state index contributed by atoms with van der Waals surface area (Å²) in [6, 6.07) is 4.71. The quantitative estimate of drug-likeness (QED) is 0.820. The van der Waals surface area contributed by atoms with Gasteiger partial charge in [0.2, 0.25) is 0 Å². The maximum absolute atomic E-state index is 4.37. The number of nitrogens with zero attached hydrogens (tertiary/aromatic N) is 1. The summed E-state index contributed by atoms with van der Waals surface area (Å²) in [4.78, 5) is 5.76. The van der Waals surface area contributed by atoms with Gasteiger partial charge in [-0.3, -0.25) is 4.99 Å². The Labute approximate surface area is 94.6 Å². The fraction of sp³-hybridized carbons (Fsp3) is 0.545. The summed E-state index contributed by atoms with van der Waals surface area (Å²) in [6.45, 7) is 4.07. The van der Waals surface area contributed by atoms with Crippen LogP contribution in [0.15, 0.2) is 22.5 Å². The number of guanidine groups is 1. The number of nitrogens with one attached hydrogen (secondary N) is 2. The van der Waals surface area contributed by atoms with Crippen LogP contribution in [0, 0.1) is 0 Å². The molecular formula is C11H17N3S. The van der Waals surface area contributed by atoms with Gasteiger partial charge in [-0.2, -0.15) is 0 Å². The lowest BCUT2D eigenvalue weighted by atomic mass is 10.1. The second kappa shape index (κ2) is 5.16. The predicted molar refractivity (Wildman–Crippen MR) is 65.4 cm³/mol. The fourth-order valence-electron chi connectivity index (χ4n) is 1.72. The lowest BCUT2D eigenvalue weighted by Gasteiger charge is -2.17. The standard InChI is InChI=1S/C11H17N3S/c1-2-4-9(10-5-3-8-15-10)14-11-12-6-7-13-11/h3,5,8-9H,2,4,6-7H2,1H3,(H2,12,13,14). The Kier molecular flexibility index (Phi) is 3.61. The highest BCUT2D eigenvalue weighted by molar-refractivity contribution is 7.10. The third-order valence-electron chi connectivity index (χ3n) is 2.45. The monoisotopic (exact) mass is 223 g/mol. The fourth-order valence-corrected chi connectivity index (χ4v) is 2.54. The molecule has 1 atom stereocenters. The average Bonchev–Trinajstić information content (AvgIpc) is 2.89. The van der Waals surface area contributed by atoms with Crippen LogP contribution in [0.4, 0.5) is 0 Å². The van der Waals surface area contributed by atoms with Crippen LogP contribution >= 0.6 is 11.3 Å². The van der Waals surface area contributed by atoms with E-state index in [0.717, 1.165) is 25.5 Å². The zero-order valence-corrected chi connectivity index (χ0v) is 9.81. The van der Waals surface area contributed by atoms with E-state index in [4.69, 9.17) is 0 Å². The van der Waals surface area contributed by atoms with E-state index in [0.29, 0.717) is 6.04 Å². The first-order valence-corrected chi connectivity index (χ1v) is 6.36. The molecule has 0 amide bonds. The van der Waals surface area contributed by atoms with Crippen LogP contribution in [-0.4, -0.2) is 19.0 Å². The maximum Gasteiger partial charge on any atom is 0.191 e. The molecule has 1 aliphatic rings. The Morgan fingerprint density at radius 3 is 3.20 bits per heavy atom. The Hall–Kier alpha value is -1.03. The van der Waals surface area contributed by atoms with Crippen molar-refractivity contribution in [1.82, 2.24) is 10.6 Å². The van der Waals surface area contributed by atoms with Gasteiger partial charge >= 0.3 is 0 Å². The molecule has 1 aromatic rings. The molecule has 2 heterocycles. The largest absolute Gasteiger partial charge is 0.355 e. The molecule has 0 aromatic carbocycles. The minimum atomic E-state index is 0.416. The van der Waals surface area contributed by atoms with Crippen LogP contribution in [0.5, 0.6) is 0 Å². The molecule has 0 radical (unpaired) electrons. The van der Waals surface area contributed by atoms with E-state index in [-0.39, 0.29) is 0 Å². The molecule has 1 aliphatic heterocycles. The molecule has 0 saturated carbocycles. The third-order valence-corrected chi connectivity index (χ3v) is 3.44. The van der Waals surface area contributed by atoms with Gasteiger partial charge in [-0.15, -0.1) is 11.3 Å². The highest BCUT2D eigenvalue weighted by Gasteiger charge is 2.14. The lowest BCUT2D eigenvalue weighted by molar-refractivity contribution is 0.584. The highest BCUT2D eigenvalue weighted by Crippen LogP contribution is 2.23. The molecule has 1 aromatic heterocycles. The number of hydrogen-bond acceptors (Lipinski definition) is 4. The van der Waals surface area contributed by atoms with E-state index < -0.39 is 0 Å². The van der Waals surface area contributed by atoms with Gasteiger partial charge in [-0.05, 0) is 17.9 Å².